The Morgan fingerprint density at radius 1 is 1.50 bits per heavy atom. The van der Waals surface area contributed by atoms with Crippen molar-refractivity contribution < 1.29 is 9.53 Å². The Kier molecular flexibility index (Phi) is 4.00. The Bertz CT molecular complexity index is 686. The summed E-state index contributed by atoms with van der Waals surface area (Å²) >= 11 is 6.04. The minimum Gasteiger partial charge on any atom is -0.465 e. The van der Waals surface area contributed by atoms with Crippen LogP contribution in [0.4, 0.5) is 5.69 Å². The van der Waals surface area contributed by atoms with Gasteiger partial charge in [0.05, 0.1) is 18.4 Å². The van der Waals surface area contributed by atoms with E-state index in [2.05, 4.69) is 4.98 Å². The molecule has 0 saturated carbocycles. The second kappa shape index (κ2) is 5.71. The number of anilines is 1. The monoisotopic (exact) mass is 289 g/mol. The molecule has 102 valence electrons. The van der Waals surface area contributed by atoms with Gasteiger partial charge in [0.25, 0.3) is 0 Å². The van der Waals surface area contributed by atoms with Gasteiger partial charge in [-0.15, -0.1) is 0 Å². The highest BCUT2D eigenvalue weighted by Gasteiger charge is 2.16. The van der Waals surface area contributed by atoms with Crippen molar-refractivity contribution in [1.82, 2.24) is 4.98 Å². The maximum absolute atomic E-state index is 11.7. The summed E-state index contributed by atoms with van der Waals surface area (Å²) in [5.41, 5.74) is 7.98. The first kappa shape index (κ1) is 14.0. The van der Waals surface area contributed by atoms with Crippen LogP contribution in [0.25, 0.3) is 11.1 Å². The zero-order valence-corrected chi connectivity index (χ0v) is 11.4. The number of esters is 1. The summed E-state index contributed by atoms with van der Waals surface area (Å²) in [6.07, 6.45) is 2.65. The third-order valence-corrected chi connectivity index (χ3v) is 3.14. The highest BCUT2D eigenvalue weighted by atomic mass is 35.5. The van der Waals surface area contributed by atoms with Crippen LogP contribution in [0.5, 0.6) is 0 Å². The molecule has 0 fully saturated rings. The van der Waals surface area contributed by atoms with Crippen LogP contribution in [0.3, 0.4) is 0 Å². The highest BCUT2D eigenvalue weighted by Crippen LogP contribution is 2.30. The molecule has 2 aromatic rings. The van der Waals surface area contributed by atoms with E-state index in [1.165, 1.54) is 7.11 Å². The molecule has 0 radical (unpaired) electrons. The number of halogens is 1. The predicted octanol–water partition coefficient (Wildman–Crippen LogP) is 2.77. The minimum absolute atomic E-state index is 0.198. The minimum atomic E-state index is -0.563. The maximum Gasteiger partial charge on any atom is 0.339 e. The lowest BCUT2D eigenvalue weighted by molar-refractivity contribution is 0.0602. The van der Waals surface area contributed by atoms with Crippen LogP contribution in [0.1, 0.15) is 15.9 Å². The molecule has 1 aromatic heterocycles. The standard InChI is InChI=1S/C14H12ClN3O2/c1-20-14(19)11-6-8(5-9(7-16)12(11)17)10-3-2-4-18-13(10)15/h2-7,16H,17H2,1H3. The molecule has 0 amide bonds. The van der Waals surface area contributed by atoms with E-state index in [0.29, 0.717) is 21.8 Å². The third kappa shape index (κ3) is 2.48. The number of nitrogen functional groups attached to an aromatic ring is 1. The molecule has 3 N–H and O–H groups in total. The van der Waals surface area contributed by atoms with Crippen LogP contribution in [0.15, 0.2) is 30.5 Å². The average molecular weight is 290 g/mol. The van der Waals surface area contributed by atoms with E-state index in [1.54, 1.807) is 30.5 Å². The molecule has 5 nitrogen and oxygen atoms in total. The summed E-state index contributed by atoms with van der Waals surface area (Å²) in [6, 6.07) is 6.77. The number of nitrogens with two attached hydrogens (primary N) is 1. The van der Waals surface area contributed by atoms with Crippen molar-refractivity contribution in [3.8, 4) is 11.1 Å². The van der Waals surface area contributed by atoms with Crippen LogP contribution in [-0.2, 0) is 4.74 Å². The summed E-state index contributed by atoms with van der Waals surface area (Å²) in [5.74, 6) is -0.563. The number of methoxy groups -OCH3 is 1. The fourth-order valence-corrected chi connectivity index (χ4v) is 2.06. The van der Waals surface area contributed by atoms with Gasteiger partial charge >= 0.3 is 5.97 Å². The van der Waals surface area contributed by atoms with E-state index >= 15 is 0 Å². The van der Waals surface area contributed by atoms with Crippen LogP contribution < -0.4 is 5.73 Å². The summed E-state index contributed by atoms with van der Waals surface area (Å²) in [7, 11) is 1.27. The normalized spacial score (nSPS) is 10.1. The molecular formula is C14H12ClN3O2. The lowest BCUT2D eigenvalue weighted by Crippen LogP contribution is -2.08. The summed E-state index contributed by atoms with van der Waals surface area (Å²) in [6.45, 7) is 0. The lowest BCUT2D eigenvalue weighted by Gasteiger charge is -2.11. The van der Waals surface area contributed by atoms with E-state index in [9.17, 15) is 4.79 Å². The largest absolute Gasteiger partial charge is 0.465 e. The second-order valence-corrected chi connectivity index (χ2v) is 4.36. The molecule has 1 heterocycles. The van der Waals surface area contributed by atoms with Gasteiger partial charge in [-0.25, -0.2) is 9.78 Å². The number of rotatable bonds is 3. The number of hydrogen-bond acceptors (Lipinski definition) is 5. The Hall–Kier alpha value is -2.40. The van der Waals surface area contributed by atoms with Crippen molar-refractivity contribution in [3.63, 3.8) is 0 Å². The number of carbonyl (C=O) groups is 1. The fourth-order valence-electron chi connectivity index (χ4n) is 1.83. The number of pyridine rings is 1. The van der Waals surface area contributed by atoms with Gasteiger partial charge in [0.15, 0.2) is 0 Å². The number of aromatic nitrogens is 1. The van der Waals surface area contributed by atoms with Gasteiger partial charge in [0, 0.05) is 23.5 Å². The summed E-state index contributed by atoms with van der Waals surface area (Å²) in [5, 5.41) is 7.70. The fraction of sp³-hybridized carbons (Fsp3) is 0.0714. The van der Waals surface area contributed by atoms with Gasteiger partial charge < -0.3 is 15.9 Å². The Morgan fingerprint density at radius 2 is 2.25 bits per heavy atom. The van der Waals surface area contributed by atoms with Crippen molar-refractivity contribution in [1.29, 1.82) is 5.41 Å². The Morgan fingerprint density at radius 3 is 2.85 bits per heavy atom. The van der Waals surface area contributed by atoms with E-state index < -0.39 is 5.97 Å². The summed E-state index contributed by atoms with van der Waals surface area (Å²) in [4.78, 5) is 15.7. The van der Waals surface area contributed by atoms with Gasteiger partial charge in [-0.3, -0.25) is 0 Å². The molecular weight excluding hydrogens is 278 g/mol. The quantitative estimate of drug-likeness (QED) is 0.393. The number of nitrogens with zero attached hydrogens (tertiary/aromatic N) is 1. The molecule has 0 atom stereocenters. The van der Waals surface area contributed by atoms with E-state index in [1.807, 2.05) is 0 Å². The number of hydrogen-bond donors (Lipinski definition) is 2. The van der Waals surface area contributed by atoms with Crippen molar-refractivity contribution in [2.75, 3.05) is 12.8 Å². The Balaban J connectivity index is 2.69. The predicted molar refractivity (Wildman–Crippen MR) is 78.3 cm³/mol. The first-order valence-corrected chi connectivity index (χ1v) is 6.09. The number of nitrogens with one attached hydrogen (secondary N) is 1. The molecule has 0 spiro atoms. The van der Waals surface area contributed by atoms with Crippen molar-refractivity contribution in [2.24, 2.45) is 0 Å². The molecule has 0 aliphatic carbocycles. The molecule has 0 aliphatic rings. The van der Waals surface area contributed by atoms with Gasteiger partial charge in [-0.05, 0) is 29.8 Å². The lowest BCUT2D eigenvalue weighted by atomic mass is 9.99. The van der Waals surface area contributed by atoms with Crippen molar-refractivity contribution in [2.45, 2.75) is 0 Å². The van der Waals surface area contributed by atoms with Crippen LogP contribution in [0.2, 0.25) is 5.15 Å². The van der Waals surface area contributed by atoms with E-state index in [4.69, 9.17) is 27.5 Å². The zero-order chi connectivity index (χ0) is 14.7. The molecule has 0 bridgehead atoms. The average Bonchev–Trinajstić information content (AvgIpc) is 2.47. The van der Waals surface area contributed by atoms with Gasteiger partial charge in [0.2, 0.25) is 0 Å². The first-order chi connectivity index (χ1) is 9.58. The molecule has 0 saturated heterocycles. The van der Waals surface area contributed by atoms with Gasteiger partial charge in [-0.2, -0.15) is 0 Å². The molecule has 1 aromatic carbocycles. The first-order valence-electron chi connectivity index (χ1n) is 5.71. The third-order valence-electron chi connectivity index (χ3n) is 2.84. The Labute approximate surface area is 120 Å². The van der Waals surface area contributed by atoms with Crippen LogP contribution >= 0.6 is 11.6 Å². The van der Waals surface area contributed by atoms with Gasteiger partial charge in [-0.1, -0.05) is 11.6 Å². The van der Waals surface area contributed by atoms with Crippen molar-refractivity contribution in [3.05, 3.63) is 46.7 Å². The van der Waals surface area contributed by atoms with Gasteiger partial charge in [0.1, 0.15) is 5.15 Å². The zero-order valence-electron chi connectivity index (χ0n) is 10.7. The molecule has 20 heavy (non-hydrogen) atoms. The molecule has 0 unspecified atom stereocenters. The molecule has 6 heteroatoms. The smallest absolute Gasteiger partial charge is 0.339 e. The summed E-state index contributed by atoms with van der Waals surface area (Å²) < 4.78 is 4.70. The SMILES string of the molecule is COC(=O)c1cc(-c2cccnc2Cl)cc(C=N)c1N. The number of carbonyl (C=O) groups excluding carboxylic acids is 1. The second-order valence-electron chi connectivity index (χ2n) is 4.00. The highest BCUT2D eigenvalue weighted by molar-refractivity contribution is 6.32. The van der Waals surface area contributed by atoms with Crippen LogP contribution in [-0.4, -0.2) is 24.3 Å². The topological polar surface area (TPSA) is 89.1 Å². The number of benzene rings is 1. The molecule has 2 rings (SSSR count). The van der Waals surface area contributed by atoms with E-state index in [-0.39, 0.29) is 11.3 Å². The number of ether oxygens (including phenoxy) is 1. The van der Waals surface area contributed by atoms with Crippen LogP contribution in [0, 0.1) is 5.41 Å². The maximum atomic E-state index is 11.7. The van der Waals surface area contributed by atoms with Crippen molar-refractivity contribution >= 4 is 29.5 Å². The molecule has 0 aliphatic heterocycles. The van der Waals surface area contributed by atoms with E-state index in [0.717, 1.165) is 6.21 Å².